The van der Waals surface area contributed by atoms with Crippen molar-refractivity contribution in [1.82, 2.24) is 4.90 Å². The van der Waals surface area contributed by atoms with E-state index in [0.717, 1.165) is 30.2 Å². The molecule has 0 aliphatic carbocycles. The van der Waals surface area contributed by atoms with Crippen LogP contribution in [0.15, 0.2) is 36.4 Å². The first-order valence-electron chi connectivity index (χ1n) is 12.7. The van der Waals surface area contributed by atoms with Crippen LogP contribution in [-0.4, -0.2) is 43.4 Å². The predicted molar refractivity (Wildman–Crippen MR) is 132 cm³/mol. The van der Waals surface area contributed by atoms with E-state index >= 15 is 0 Å². The van der Waals surface area contributed by atoms with E-state index in [1.807, 2.05) is 0 Å². The monoisotopic (exact) mass is 614 g/mol. The van der Waals surface area contributed by atoms with Gasteiger partial charge in [-0.1, -0.05) is 6.92 Å². The Labute approximate surface area is 235 Å². The number of hydrogen-bond donors (Lipinski definition) is 0. The van der Waals surface area contributed by atoms with Crippen LogP contribution in [0.5, 0.6) is 0 Å². The molecule has 1 heterocycles. The molecule has 2 aromatic carbocycles. The van der Waals surface area contributed by atoms with Gasteiger partial charge in [-0.05, 0) is 67.3 Å². The first-order chi connectivity index (χ1) is 19.4. The highest BCUT2D eigenvalue weighted by atomic mass is 19.4. The molecule has 0 fully saturated rings. The predicted octanol–water partition coefficient (Wildman–Crippen LogP) is 8.24. The Kier molecular flexibility index (Phi) is 9.62. The van der Waals surface area contributed by atoms with E-state index in [0.29, 0.717) is 18.6 Å². The molecule has 6 nitrogen and oxygen atoms in total. The molecule has 0 N–H and O–H groups in total. The van der Waals surface area contributed by atoms with Gasteiger partial charge in [0.1, 0.15) is 0 Å². The number of rotatable bonds is 6. The number of carbonyl (C=O) groups is 2. The number of anilines is 1. The number of alkyl halides is 9. The molecule has 0 spiro atoms. The summed E-state index contributed by atoms with van der Waals surface area (Å²) in [4.78, 5) is 27.5. The molecule has 232 valence electrons. The zero-order valence-corrected chi connectivity index (χ0v) is 22.6. The molecule has 0 radical (unpaired) electrons. The van der Waals surface area contributed by atoms with Gasteiger partial charge in [0.15, 0.2) is 0 Å². The van der Waals surface area contributed by atoms with Gasteiger partial charge in [0.25, 0.3) is 0 Å². The fourth-order valence-corrected chi connectivity index (χ4v) is 4.93. The fourth-order valence-electron chi connectivity index (χ4n) is 4.93. The zero-order chi connectivity index (χ0) is 31.6. The van der Waals surface area contributed by atoms with Gasteiger partial charge in [0.2, 0.25) is 0 Å². The van der Waals surface area contributed by atoms with Gasteiger partial charge >= 0.3 is 30.7 Å². The number of nitrogens with zero attached hydrogens (tertiary/aromatic N) is 2. The van der Waals surface area contributed by atoms with Crippen molar-refractivity contribution in [3.8, 4) is 0 Å². The lowest BCUT2D eigenvalue weighted by Crippen LogP contribution is -2.47. The minimum Gasteiger partial charge on any atom is -0.453 e. The summed E-state index contributed by atoms with van der Waals surface area (Å²) in [6, 6.07) is 2.92. The number of hydrogen-bond acceptors (Lipinski definition) is 4. The second-order valence-corrected chi connectivity index (χ2v) is 9.60. The van der Waals surface area contributed by atoms with Crippen molar-refractivity contribution < 1.29 is 58.6 Å². The quantitative estimate of drug-likeness (QED) is 0.308. The van der Waals surface area contributed by atoms with Gasteiger partial charge in [-0.25, -0.2) is 9.59 Å². The zero-order valence-electron chi connectivity index (χ0n) is 22.6. The van der Waals surface area contributed by atoms with Gasteiger partial charge in [-0.2, -0.15) is 39.5 Å². The maximum Gasteiger partial charge on any atom is 0.416 e. The molecule has 2 aromatic rings. The summed E-state index contributed by atoms with van der Waals surface area (Å²) >= 11 is 0. The summed E-state index contributed by atoms with van der Waals surface area (Å²) in [6.45, 7) is 2.03. The van der Waals surface area contributed by atoms with Crippen molar-refractivity contribution >= 4 is 17.9 Å². The van der Waals surface area contributed by atoms with Crippen LogP contribution in [-0.2, 0) is 34.5 Å². The van der Waals surface area contributed by atoms with Gasteiger partial charge < -0.3 is 14.4 Å². The lowest BCUT2D eigenvalue weighted by molar-refractivity contribution is -0.143. The van der Waals surface area contributed by atoms with E-state index in [1.54, 1.807) is 13.8 Å². The lowest BCUT2D eigenvalue weighted by atomic mass is 9.83. The first-order valence-corrected chi connectivity index (χ1v) is 12.7. The van der Waals surface area contributed by atoms with Crippen molar-refractivity contribution in [1.29, 1.82) is 0 Å². The molecule has 2 atom stereocenters. The summed E-state index contributed by atoms with van der Waals surface area (Å²) in [7, 11) is 0.941. The largest absolute Gasteiger partial charge is 0.453 e. The highest BCUT2D eigenvalue weighted by molar-refractivity contribution is 5.90. The number of methoxy groups -OCH3 is 1. The molecular weight excluding hydrogens is 587 g/mol. The van der Waals surface area contributed by atoms with Crippen LogP contribution in [0.25, 0.3) is 0 Å². The Morgan fingerprint density at radius 1 is 0.881 bits per heavy atom. The summed E-state index contributed by atoms with van der Waals surface area (Å²) in [5, 5.41) is 0. The Morgan fingerprint density at radius 2 is 1.45 bits per heavy atom. The lowest BCUT2D eigenvalue weighted by Gasteiger charge is -2.41. The Morgan fingerprint density at radius 3 is 1.93 bits per heavy atom. The number of fused-ring (bicyclic) bond motifs is 1. The van der Waals surface area contributed by atoms with Crippen LogP contribution < -0.4 is 4.90 Å². The molecule has 0 unspecified atom stereocenters. The van der Waals surface area contributed by atoms with Crippen LogP contribution in [0.2, 0.25) is 0 Å². The van der Waals surface area contributed by atoms with E-state index in [4.69, 9.17) is 9.47 Å². The fraction of sp³-hybridized carbons (Fsp3) is 0.481. The second kappa shape index (κ2) is 12.3. The first kappa shape index (κ1) is 32.9. The van der Waals surface area contributed by atoms with Gasteiger partial charge in [0, 0.05) is 25.0 Å². The normalized spacial score (nSPS) is 17.5. The SMILES string of the molecule is CCOC(=O)N1c2ccc(C(F)(F)F)cc2[C@@H](CN(Cc2cc(C(F)(F)F)cc(C(F)(F)F)c2)C(=O)OC)C[C@H]1CC. The molecule has 15 heteroatoms. The van der Waals surface area contributed by atoms with Crippen molar-refractivity contribution in [3.05, 3.63) is 64.2 Å². The molecule has 1 aliphatic rings. The van der Waals surface area contributed by atoms with Crippen LogP contribution in [0, 0.1) is 0 Å². The van der Waals surface area contributed by atoms with Crippen LogP contribution >= 0.6 is 0 Å². The van der Waals surface area contributed by atoms with Gasteiger partial charge in [0.05, 0.1) is 36.1 Å². The molecular formula is C27H27F9N2O4. The molecule has 0 saturated carbocycles. The third kappa shape index (κ3) is 7.40. The second-order valence-electron chi connectivity index (χ2n) is 9.60. The van der Waals surface area contributed by atoms with Crippen molar-refractivity contribution in [2.24, 2.45) is 0 Å². The number of carbonyl (C=O) groups excluding carboxylic acids is 2. The number of benzene rings is 2. The molecule has 2 amide bonds. The highest BCUT2D eigenvalue weighted by Crippen LogP contribution is 2.44. The third-order valence-corrected chi connectivity index (χ3v) is 6.81. The smallest absolute Gasteiger partial charge is 0.416 e. The average Bonchev–Trinajstić information content (AvgIpc) is 2.90. The molecule has 1 aliphatic heterocycles. The topological polar surface area (TPSA) is 59.1 Å². The standard InChI is InChI=1S/C27H27F9N2O4/c1-4-20-10-16(21-12-17(25(28,29)30)6-7-22(21)38(20)24(40)42-5-2)14-37(23(39)41-3)13-15-8-18(26(31,32)33)11-19(9-15)27(34,35)36/h6-9,11-12,16,20H,4-5,10,13-14H2,1-3H3/t16-,20-/m1/s1. The number of halogens is 9. The molecule has 3 rings (SSSR count). The third-order valence-electron chi connectivity index (χ3n) is 6.81. The Bertz CT molecular complexity index is 1260. The minimum atomic E-state index is -5.13. The maximum atomic E-state index is 13.6. The van der Waals surface area contributed by atoms with Crippen LogP contribution in [0.4, 0.5) is 54.8 Å². The molecule has 0 bridgehead atoms. The van der Waals surface area contributed by atoms with Crippen molar-refractivity contribution in [2.45, 2.75) is 63.7 Å². The highest BCUT2D eigenvalue weighted by Gasteiger charge is 2.41. The number of amides is 2. The number of ether oxygens (including phenoxy) is 2. The summed E-state index contributed by atoms with van der Waals surface area (Å²) in [5.41, 5.74) is -4.69. The van der Waals surface area contributed by atoms with Crippen molar-refractivity contribution in [3.63, 3.8) is 0 Å². The summed E-state index contributed by atoms with van der Waals surface area (Å²) in [5.74, 6) is -0.912. The van der Waals surface area contributed by atoms with E-state index in [1.165, 1.54) is 4.90 Å². The summed E-state index contributed by atoms with van der Waals surface area (Å²) in [6.07, 6.45) is -16.7. The van der Waals surface area contributed by atoms with E-state index in [2.05, 4.69) is 0 Å². The maximum absolute atomic E-state index is 13.6. The van der Waals surface area contributed by atoms with E-state index in [9.17, 15) is 49.1 Å². The van der Waals surface area contributed by atoms with Gasteiger partial charge in [-0.15, -0.1) is 0 Å². The molecule has 42 heavy (non-hydrogen) atoms. The van der Waals surface area contributed by atoms with E-state index < -0.39 is 78.0 Å². The summed E-state index contributed by atoms with van der Waals surface area (Å²) < 4.78 is 131. The van der Waals surface area contributed by atoms with Crippen molar-refractivity contribution in [2.75, 3.05) is 25.2 Å². The Balaban J connectivity index is 2.10. The Hall–Kier alpha value is -3.65. The molecule has 0 saturated heterocycles. The van der Waals surface area contributed by atoms with Crippen LogP contribution in [0.1, 0.15) is 60.4 Å². The van der Waals surface area contributed by atoms with Gasteiger partial charge in [-0.3, -0.25) is 4.90 Å². The molecule has 0 aromatic heterocycles. The minimum absolute atomic E-state index is 0.00324. The average molecular weight is 615 g/mol. The van der Waals surface area contributed by atoms with E-state index in [-0.39, 0.29) is 30.3 Å². The van der Waals surface area contributed by atoms with Crippen LogP contribution in [0.3, 0.4) is 0 Å².